The summed E-state index contributed by atoms with van der Waals surface area (Å²) in [4.78, 5) is 2.36. The molecule has 0 saturated carbocycles. The summed E-state index contributed by atoms with van der Waals surface area (Å²) >= 11 is 0. The lowest BCUT2D eigenvalue weighted by Gasteiger charge is -2.44. The molecule has 0 heterocycles. The Hall–Kier alpha value is -0.860. The monoisotopic (exact) mass is 263 g/mol. The molecule has 0 amide bonds. The van der Waals surface area contributed by atoms with Crippen molar-refractivity contribution in [3.8, 4) is 0 Å². The normalized spacial score (nSPS) is 16.4. The largest absolute Gasteiger partial charge is 0.386 e. The van der Waals surface area contributed by atoms with E-state index in [1.54, 1.807) is 0 Å². The van der Waals surface area contributed by atoms with Crippen LogP contribution in [0.25, 0.3) is 0 Å². The molecule has 0 spiro atoms. The van der Waals surface area contributed by atoms with E-state index < -0.39 is 6.10 Å². The molecule has 108 valence electrons. The van der Waals surface area contributed by atoms with E-state index in [1.165, 1.54) is 11.1 Å². The smallest absolute Gasteiger partial charge is 0.0973 e. The number of likely N-dealkylation sites (N-methyl/N-ethyl adjacent to an activating group) is 1. The molecule has 2 heteroatoms. The van der Waals surface area contributed by atoms with Crippen molar-refractivity contribution in [2.45, 2.75) is 59.6 Å². The molecule has 0 bridgehead atoms. The van der Waals surface area contributed by atoms with Crippen molar-refractivity contribution in [2.75, 3.05) is 13.1 Å². The van der Waals surface area contributed by atoms with Crippen LogP contribution < -0.4 is 0 Å². The zero-order chi connectivity index (χ0) is 14.6. The fourth-order valence-corrected chi connectivity index (χ4v) is 2.93. The molecule has 2 nitrogen and oxygen atoms in total. The minimum absolute atomic E-state index is 0.206. The van der Waals surface area contributed by atoms with Crippen molar-refractivity contribution in [3.63, 3.8) is 0 Å². The molecule has 0 fully saturated rings. The van der Waals surface area contributed by atoms with Gasteiger partial charge in [-0.1, -0.05) is 44.5 Å². The van der Waals surface area contributed by atoms with Gasteiger partial charge in [-0.15, -0.1) is 0 Å². The van der Waals surface area contributed by atoms with Crippen LogP contribution in [0.4, 0.5) is 0 Å². The number of aliphatic hydroxyl groups excluding tert-OH is 1. The predicted molar refractivity (Wildman–Crippen MR) is 82.5 cm³/mol. The number of aliphatic hydroxyl groups is 1. The highest BCUT2D eigenvalue weighted by molar-refractivity contribution is 5.34. The van der Waals surface area contributed by atoms with Crippen LogP contribution in [0.15, 0.2) is 18.2 Å². The van der Waals surface area contributed by atoms with Gasteiger partial charge in [-0.25, -0.2) is 0 Å². The van der Waals surface area contributed by atoms with Gasteiger partial charge in [-0.05, 0) is 51.4 Å². The van der Waals surface area contributed by atoms with Gasteiger partial charge in [0.05, 0.1) is 6.10 Å². The first-order chi connectivity index (χ1) is 8.90. The maximum Gasteiger partial charge on any atom is 0.0973 e. The molecule has 0 radical (unpaired) electrons. The molecule has 1 aromatic rings. The van der Waals surface area contributed by atoms with Gasteiger partial charge < -0.3 is 5.11 Å². The van der Waals surface area contributed by atoms with Crippen molar-refractivity contribution in [1.29, 1.82) is 0 Å². The number of hydrogen-bond donors (Lipinski definition) is 1. The summed E-state index contributed by atoms with van der Waals surface area (Å²) in [5.41, 5.74) is 3.24. The number of hydrogen-bond acceptors (Lipinski definition) is 2. The fourth-order valence-electron chi connectivity index (χ4n) is 2.93. The molecule has 0 aromatic heterocycles. The predicted octanol–water partition coefficient (Wildman–Crippen LogP) is 3.85. The van der Waals surface area contributed by atoms with Gasteiger partial charge in [0.2, 0.25) is 0 Å². The average Bonchev–Trinajstić information content (AvgIpc) is 2.41. The highest BCUT2D eigenvalue weighted by Gasteiger charge is 2.37. The van der Waals surface area contributed by atoms with Crippen molar-refractivity contribution in [3.05, 3.63) is 34.9 Å². The van der Waals surface area contributed by atoms with Crippen LogP contribution in [0.5, 0.6) is 0 Å². The van der Waals surface area contributed by atoms with Crippen LogP contribution >= 0.6 is 0 Å². The lowest BCUT2D eigenvalue weighted by molar-refractivity contribution is -0.0217. The highest BCUT2D eigenvalue weighted by atomic mass is 16.3. The third kappa shape index (κ3) is 3.18. The van der Waals surface area contributed by atoms with Crippen LogP contribution in [-0.4, -0.2) is 28.6 Å². The Morgan fingerprint density at radius 2 is 1.74 bits per heavy atom. The summed E-state index contributed by atoms with van der Waals surface area (Å²) in [5, 5.41) is 10.9. The van der Waals surface area contributed by atoms with Crippen LogP contribution in [-0.2, 0) is 0 Å². The molecule has 2 atom stereocenters. The summed E-state index contributed by atoms with van der Waals surface area (Å²) in [5.74, 6) is 0. The third-order valence-corrected chi connectivity index (χ3v) is 4.52. The van der Waals surface area contributed by atoms with Gasteiger partial charge in [-0.2, -0.15) is 0 Å². The van der Waals surface area contributed by atoms with E-state index in [9.17, 15) is 5.11 Å². The minimum atomic E-state index is -0.447. The van der Waals surface area contributed by atoms with E-state index in [-0.39, 0.29) is 5.54 Å². The molecule has 2 unspecified atom stereocenters. The van der Waals surface area contributed by atoms with Crippen LogP contribution in [0.3, 0.4) is 0 Å². The standard InChI is InChI=1S/C17H29NO/c1-7-17(6,18(8-2)9-3)16(19)15-12-13(4)10-11-14(15)5/h10-12,16,19H,7-9H2,1-6H3. The number of rotatable bonds is 6. The summed E-state index contributed by atoms with van der Waals surface area (Å²) in [6.45, 7) is 14.7. The highest BCUT2D eigenvalue weighted by Crippen LogP contribution is 2.35. The minimum Gasteiger partial charge on any atom is -0.386 e. The molecule has 0 saturated heterocycles. The molecule has 0 aliphatic carbocycles. The Morgan fingerprint density at radius 1 is 1.16 bits per heavy atom. The third-order valence-electron chi connectivity index (χ3n) is 4.52. The van der Waals surface area contributed by atoms with Gasteiger partial charge in [-0.3, -0.25) is 4.90 Å². The molecule has 0 aliphatic rings. The molecular weight excluding hydrogens is 234 g/mol. The van der Waals surface area contributed by atoms with Crippen molar-refractivity contribution < 1.29 is 5.11 Å². The number of nitrogens with zero attached hydrogens (tertiary/aromatic N) is 1. The lowest BCUT2D eigenvalue weighted by atomic mass is 9.83. The van der Waals surface area contributed by atoms with E-state index in [0.717, 1.165) is 25.1 Å². The topological polar surface area (TPSA) is 23.5 Å². The SMILES string of the molecule is CCN(CC)C(C)(CC)C(O)c1cc(C)ccc1C. The lowest BCUT2D eigenvalue weighted by Crippen LogP contribution is -2.50. The first kappa shape index (κ1) is 16.2. The first-order valence-electron chi connectivity index (χ1n) is 7.40. The van der Waals surface area contributed by atoms with E-state index >= 15 is 0 Å². The summed E-state index contributed by atoms with van der Waals surface area (Å²) in [7, 11) is 0. The Labute approximate surface area is 118 Å². The second-order valence-corrected chi connectivity index (χ2v) is 5.65. The van der Waals surface area contributed by atoms with Gasteiger partial charge in [0, 0.05) is 5.54 Å². The van der Waals surface area contributed by atoms with Crippen molar-refractivity contribution in [2.24, 2.45) is 0 Å². The van der Waals surface area contributed by atoms with Crippen LogP contribution in [0.1, 0.15) is 56.9 Å². The van der Waals surface area contributed by atoms with E-state index in [2.05, 4.69) is 64.6 Å². The maximum absolute atomic E-state index is 10.9. The molecule has 1 aromatic carbocycles. The summed E-state index contributed by atoms with van der Waals surface area (Å²) in [6.07, 6.45) is 0.487. The number of aryl methyl sites for hydroxylation is 2. The van der Waals surface area contributed by atoms with E-state index in [1.807, 2.05) is 0 Å². The molecule has 0 aliphatic heterocycles. The summed E-state index contributed by atoms with van der Waals surface area (Å²) < 4.78 is 0. The maximum atomic E-state index is 10.9. The second kappa shape index (κ2) is 6.53. The summed E-state index contributed by atoms with van der Waals surface area (Å²) in [6, 6.07) is 6.33. The van der Waals surface area contributed by atoms with Crippen LogP contribution in [0.2, 0.25) is 0 Å². The zero-order valence-corrected chi connectivity index (χ0v) is 13.3. The van der Waals surface area contributed by atoms with Gasteiger partial charge in [0.15, 0.2) is 0 Å². The van der Waals surface area contributed by atoms with E-state index in [4.69, 9.17) is 0 Å². The Bertz CT molecular complexity index is 412. The van der Waals surface area contributed by atoms with Crippen LogP contribution in [0, 0.1) is 13.8 Å². The van der Waals surface area contributed by atoms with E-state index in [0.29, 0.717) is 0 Å². The first-order valence-corrected chi connectivity index (χ1v) is 7.40. The zero-order valence-electron chi connectivity index (χ0n) is 13.3. The second-order valence-electron chi connectivity index (χ2n) is 5.65. The molecular formula is C17H29NO. The van der Waals surface area contributed by atoms with Gasteiger partial charge in [0.1, 0.15) is 0 Å². The molecule has 1 rings (SSSR count). The molecule has 19 heavy (non-hydrogen) atoms. The quantitative estimate of drug-likeness (QED) is 0.842. The van der Waals surface area contributed by atoms with Gasteiger partial charge >= 0.3 is 0 Å². The van der Waals surface area contributed by atoms with Crippen molar-refractivity contribution in [1.82, 2.24) is 4.90 Å². The van der Waals surface area contributed by atoms with Crippen molar-refractivity contribution >= 4 is 0 Å². The molecule has 1 N–H and O–H groups in total. The Kier molecular flexibility index (Phi) is 5.57. The fraction of sp³-hybridized carbons (Fsp3) is 0.647. The number of benzene rings is 1. The average molecular weight is 263 g/mol. The van der Waals surface area contributed by atoms with Gasteiger partial charge in [0.25, 0.3) is 0 Å². The Morgan fingerprint density at radius 3 is 2.21 bits per heavy atom. The Balaban J connectivity index is 3.20.